The van der Waals surface area contributed by atoms with Crippen molar-refractivity contribution in [3.8, 4) is 11.6 Å². The van der Waals surface area contributed by atoms with Gasteiger partial charge in [-0.05, 0) is 36.6 Å². The maximum Gasteiger partial charge on any atom is 0.358 e. The molecule has 0 saturated carbocycles. The second kappa shape index (κ2) is 7.00. The van der Waals surface area contributed by atoms with Crippen LogP contribution in [0.3, 0.4) is 0 Å². The topological polar surface area (TPSA) is 64.3 Å². The van der Waals surface area contributed by atoms with Crippen LogP contribution in [0.5, 0.6) is 5.88 Å². The van der Waals surface area contributed by atoms with Crippen molar-refractivity contribution in [3.05, 3.63) is 77.5 Å². The van der Waals surface area contributed by atoms with Crippen molar-refractivity contribution in [1.29, 1.82) is 0 Å². The minimum atomic E-state index is -0.549. The standard InChI is InChI=1S/C19H18N2O3/c1-2-24-19(23)17-13-18(22)21(20-17)16-10-8-15(9-11-16)12-14-6-4-3-5-7-14/h3-11,13,22H,2,12H2,1H3. The smallest absolute Gasteiger partial charge is 0.358 e. The van der Waals surface area contributed by atoms with Gasteiger partial charge < -0.3 is 9.84 Å². The van der Waals surface area contributed by atoms with Gasteiger partial charge in [0.25, 0.3) is 0 Å². The highest BCUT2D eigenvalue weighted by atomic mass is 16.5. The lowest BCUT2D eigenvalue weighted by Crippen LogP contribution is -2.06. The summed E-state index contributed by atoms with van der Waals surface area (Å²) >= 11 is 0. The van der Waals surface area contributed by atoms with Gasteiger partial charge in [0, 0.05) is 6.07 Å². The van der Waals surface area contributed by atoms with Crippen LogP contribution in [0.15, 0.2) is 60.7 Å². The highest BCUT2D eigenvalue weighted by molar-refractivity contribution is 5.87. The highest BCUT2D eigenvalue weighted by Gasteiger charge is 2.15. The minimum absolute atomic E-state index is 0.0858. The Morgan fingerprint density at radius 3 is 2.42 bits per heavy atom. The maximum absolute atomic E-state index is 11.7. The molecule has 3 rings (SSSR count). The van der Waals surface area contributed by atoms with E-state index >= 15 is 0 Å². The summed E-state index contributed by atoms with van der Waals surface area (Å²) in [6, 6.07) is 19.2. The Labute approximate surface area is 140 Å². The third-order valence-electron chi connectivity index (χ3n) is 3.61. The molecule has 0 aliphatic carbocycles. The zero-order valence-electron chi connectivity index (χ0n) is 13.3. The third kappa shape index (κ3) is 3.46. The number of hydrogen-bond donors (Lipinski definition) is 1. The van der Waals surface area contributed by atoms with Crippen LogP contribution < -0.4 is 0 Å². The van der Waals surface area contributed by atoms with Gasteiger partial charge in [0.15, 0.2) is 5.69 Å². The molecule has 1 N–H and O–H groups in total. The molecule has 0 atom stereocenters. The quantitative estimate of drug-likeness (QED) is 0.732. The van der Waals surface area contributed by atoms with Gasteiger partial charge in [-0.3, -0.25) is 0 Å². The molecule has 122 valence electrons. The fourth-order valence-electron chi connectivity index (χ4n) is 2.45. The Kier molecular flexibility index (Phi) is 4.61. The number of aromatic hydroxyl groups is 1. The Balaban J connectivity index is 1.79. The van der Waals surface area contributed by atoms with E-state index in [4.69, 9.17) is 4.74 Å². The molecule has 0 aliphatic heterocycles. The molecule has 5 heteroatoms. The SMILES string of the molecule is CCOC(=O)c1cc(O)n(-c2ccc(Cc3ccccc3)cc2)n1. The van der Waals surface area contributed by atoms with Crippen molar-refractivity contribution in [2.45, 2.75) is 13.3 Å². The summed E-state index contributed by atoms with van der Waals surface area (Å²) in [6.07, 6.45) is 0.834. The molecule has 3 aromatic rings. The molecule has 0 bridgehead atoms. The number of ether oxygens (including phenoxy) is 1. The zero-order chi connectivity index (χ0) is 16.9. The van der Waals surface area contributed by atoms with Crippen molar-refractivity contribution in [2.24, 2.45) is 0 Å². The van der Waals surface area contributed by atoms with Gasteiger partial charge in [0.05, 0.1) is 12.3 Å². The van der Waals surface area contributed by atoms with Gasteiger partial charge >= 0.3 is 5.97 Å². The fourth-order valence-corrected chi connectivity index (χ4v) is 2.45. The monoisotopic (exact) mass is 322 g/mol. The van der Waals surface area contributed by atoms with E-state index in [0.29, 0.717) is 5.69 Å². The molecule has 0 radical (unpaired) electrons. The van der Waals surface area contributed by atoms with E-state index in [1.165, 1.54) is 16.3 Å². The van der Waals surface area contributed by atoms with Gasteiger partial charge in [-0.1, -0.05) is 42.5 Å². The first-order chi connectivity index (χ1) is 11.7. The Hall–Kier alpha value is -3.08. The van der Waals surface area contributed by atoms with Crippen LogP contribution >= 0.6 is 0 Å². The van der Waals surface area contributed by atoms with Crippen LogP contribution in [0, 0.1) is 0 Å². The minimum Gasteiger partial charge on any atom is -0.493 e. The van der Waals surface area contributed by atoms with E-state index in [9.17, 15) is 9.90 Å². The second-order valence-corrected chi connectivity index (χ2v) is 5.35. The van der Waals surface area contributed by atoms with Crippen LogP contribution in [-0.4, -0.2) is 27.5 Å². The molecule has 0 amide bonds. The fraction of sp³-hybridized carbons (Fsp3) is 0.158. The normalized spacial score (nSPS) is 10.5. The summed E-state index contributed by atoms with van der Waals surface area (Å²) in [5, 5.41) is 14.1. The average Bonchev–Trinajstić information content (AvgIpc) is 2.99. The summed E-state index contributed by atoms with van der Waals surface area (Å²) in [7, 11) is 0. The summed E-state index contributed by atoms with van der Waals surface area (Å²) in [6.45, 7) is 1.99. The molecule has 0 spiro atoms. The Bertz CT molecular complexity index is 824. The predicted molar refractivity (Wildman–Crippen MR) is 90.4 cm³/mol. The van der Waals surface area contributed by atoms with Crippen molar-refractivity contribution in [3.63, 3.8) is 0 Å². The van der Waals surface area contributed by atoms with E-state index in [0.717, 1.165) is 12.0 Å². The number of nitrogens with zero attached hydrogens (tertiary/aromatic N) is 2. The van der Waals surface area contributed by atoms with Crippen LogP contribution in [0.2, 0.25) is 0 Å². The van der Waals surface area contributed by atoms with E-state index in [-0.39, 0.29) is 18.2 Å². The van der Waals surface area contributed by atoms with Gasteiger partial charge in [-0.25, -0.2) is 9.48 Å². The number of esters is 1. The summed E-state index contributed by atoms with van der Waals surface area (Å²) in [4.78, 5) is 11.7. The number of benzene rings is 2. The Morgan fingerprint density at radius 2 is 1.75 bits per heavy atom. The third-order valence-corrected chi connectivity index (χ3v) is 3.61. The molecule has 0 aliphatic rings. The van der Waals surface area contributed by atoms with E-state index in [1.807, 2.05) is 42.5 Å². The van der Waals surface area contributed by atoms with E-state index in [2.05, 4.69) is 17.2 Å². The van der Waals surface area contributed by atoms with Crippen LogP contribution in [0.4, 0.5) is 0 Å². The molecule has 2 aromatic carbocycles. The van der Waals surface area contributed by atoms with Crippen molar-refractivity contribution in [2.75, 3.05) is 6.61 Å². The summed E-state index contributed by atoms with van der Waals surface area (Å²) in [5.41, 5.74) is 3.15. The number of carbonyl (C=O) groups is 1. The molecule has 0 fully saturated rings. The molecule has 24 heavy (non-hydrogen) atoms. The van der Waals surface area contributed by atoms with Crippen LogP contribution in [0.1, 0.15) is 28.5 Å². The first-order valence-electron chi connectivity index (χ1n) is 7.76. The number of rotatable bonds is 5. The van der Waals surface area contributed by atoms with Crippen molar-refractivity contribution < 1.29 is 14.6 Å². The summed E-state index contributed by atoms with van der Waals surface area (Å²) in [5.74, 6) is -0.652. The molecule has 0 unspecified atom stereocenters. The first-order valence-corrected chi connectivity index (χ1v) is 7.76. The lowest BCUT2D eigenvalue weighted by atomic mass is 10.1. The number of hydrogen-bond acceptors (Lipinski definition) is 4. The number of carbonyl (C=O) groups excluding carboxylic acids is 1. The molecular weight excluding hydrogens is 304 g/mol. The van der Waals surface area contributed by atoms with Crippen LogP contribution in [0.25, 0.3) is 5.69 Å². The zero-order valence-corrected chi connectivity index (χ0v) is 13.3. The van der Waals surface area contributed by atoms with Gasteiger partial charge in [-0.15, -0.1) is 0 Å². The van der Waals surface area contributed by atoms with Gasteiger partial charge in [0.1, 0.15) is 0 Å². The lowest BCUT2D eigenvalue weighted by Gasteiger charge is -2.06. The van der Waals surface area contributed by atoms with Crippen LogP contribution in [-0.2, 0) is 11.2 Å². The summed E-state index contributed by atoms with van der Waals surface area (Å²) < 4.78 is 6.21. The Morgan fingerprint density at radius 1 is 1.08 bits per heavy atom. The van der Waals surface area contributed by atoms with Gasteiger partial charge in [0.2, 0.25) is 5.88 Å². The maximum atomic E-state index is 11.7. The highest BCUT2D eigenvalue weighted by Crippen LogP contribution is 2.20. The lowest BCUT2D eigenvalue weighted by molar-refractivity contribution is 0.0519. The largest absolute Gasteiger partial charge is 0.493 e. The predicted octanol–water partition coefficient (Wildman–Crippen LogP) is 3.35. The van der Waals surface area contributed by atoms with E-state index in [1.54, 1.807) is 6.92 Å². The second-order valence-electron chi connectivity index (χ2n) is 5.35. The molecule has 0 saturated heterocycles. The van der Waals surface area contributed by atoms with E-state index < -0.39 is 5.97 Å². The molecule has 1 heterocycles. The molecule has 1 aromatic heterocycles. The van der Waals surface area contributed by atoms with Crippen molar-refractivity contribution in [1.82, 2.24) is 9.78 Å². The average molecular weight is 322 g/mol. The van der Waals surface area contributed by atoms with Crippen molar-refractivity contribution >= 4 is 5.97 Å². The molecule has 5 nitrogen and oxygen atoms in total. The first kappa shape index (κ1) is 15.8. The number of aromatic nitrogens is 2. The van der Waals surface area contributed by atoms with Gasteiger partial charge in [-0.2, -0.15) is 5.10 Å². The molecular formula is C19H18N2O3.